The Morgan fingerprint density at radius 2 is 1.87 bits per heavy atom. The summed E-state index contributed by atoms with van der Waals surface area (Å²) in [5.41, 5.74) is 0. The quantitative estimate of drug-likeness (QED) is 0.377. The molecule has 0 aliphatic heterocycles. The summed E-state index contributed by atoms with van der Waals surface area (Å²) >= 11 is 0. The van der Waals surface area contributed by atoms with E-state index in [-0.39, 0.29) is 0 Å². The van der Waals surface area contributed by atoms with E-state index in [9.17, 15) is 0 Å². The van der Waals surface area contributed by atoms with Crippen LogP contribution < -0.4 is 0 Å². The molecule has 4 nitrogen and oxygen atoms in total. The van der Waals surface area contributed by atoms with Crippen LogP contribution in [-0.2, 0) is 9.47 Å². The van der Waals surface area contributed by atoms with E-state index in [0.717, 1.165) is 32.0 Å². The molecule has 0 spiro atoms. The zero-order chi connectivity index (χ0) is 11.1. The van der Waals surface area contributed by atoms with Crippen molar-refractivity contribution < 1.29 is 9.47 Å². The van der Waals surface area contributed by atoms with Crippen molar-refractivity contribution in [1.29, 1.82) is 5.41 Å². The lowest BCUT2D eigenvalue weighted by Gasteiger charge is -2.24. The van der Waals surface area contributed by atoms with Crippen molar-refractivity contribution in [3.63, 3.8) is 0 Å². The van der Waals surface area contributed by atoms with Gasteiger partial charge in [0.15, 0.2) is 0 Å². The maximum absolute atomic E-state index is 8.01. The molecule has 0 heterocycles. The Morgan fingerprint density at radius 3 is 2.40 bits per heavy atom. The first-order valence-electron chi connectivity index (χ1n) is 5.61. The van der Waals surface area contributed by atoms with Crippen molar-refractivity contribution in [2.24, 2.45) is 5.92 Å². The Balaban J connectivity index is 2.26. The van der Waals surface area contributed by atoms with Gasteiger partial charge in [-0.15, -0.1) is 0 Å². The fourth-order valence-electron chi connectivity index (χ4n) is 1.57. The van der Waals surface area contributed by atoms with Gasteiger partial charge in [-0.05, 0) is 19.3 Å². The SMILES string of the molecule is COCCCN(CCOC)C(=N)C1CC1. The summed E-state index contributed by atoms with van der Waals surface area (Å²) in [5.74, 6) is 1.31. The van der Waals surface area contributed by atoms with E-state index in [0.29, 0.717) is 12.5 Å². The summed E-state index contributed by atoms with van der Waals surface area (Å²) in [4.78, 5) is 2.13. The monoisotopic (exact) mass is 214 g/mol. The predicted octanol–water partition coefficient (Wildman–Crippen LogP) is 1.36. The van der Waals surface area contributed by atoms with Crippen LogP contribution in [0.2, 0.25) is 0 Å². The summed E-state index contributed by atoms with van der Waals surface area (Å²) in [6.45, 7) is 3.20. The highest BCUT2D eigenvalue weighted by atomic mass is 16.5. The van der Waals surface area contributed by atoms with Crippen molar-refractivity contribution in [2.45, 2.75) is 19.3 Å². The third-order valence-electron chi connectivity index (χ3n) is 2.65. The van der Waals surface area contributed by atoms with Gasteiger partial charge in [-0.2, -0.15) is 0 Å². The van der Waals surface area contributed by atoms with Crippen LogP contribution in [0.1, 0.15) is 19.3 Å². The summed E-state index contributed by atoms with van der Waals surface area (Å²) in [7, 11) is 3.42. The van der Waals surface area contributed by atoms with E-state index in [1.165, 1.54) is 12.8 Å². The van der Waals surface area contributed by atoms with Gasteiger partial charge in [0.1, 0.15) is 0 Å². The molecule has 0 unspecified atom stereocenters. The van der Waals surface area contributed by atoms with Gasteiger partial charge in [0.25, 0.3) is 0 Å². The first-order chi connectivity index (χ1) is 7.29. The van der Waals surface area contributed by atoms with Gasteiger partial charge >= 0.3 is 0 Å². The molecule has 4 heteroatoms. The molecule has 1 aliphatic rings. The van der Waals surface area contributed by atoms with Crippen molar-refractivity contribution in [3.8, 4) is 0 Å². The van der Waals surface area contributed by atoms with Gasteiger partial charge in [0, 0.05) is 39.8 Å². The number of amidine groups is 1. The lowest BCUT2D eigenvalue weighted by atomic mass is 10.3. The van der Waals surface area contributed by atoms with Crippen molar-refractivity contribution in [3.05, 3.63) is 0 Å². The lowest BCUT2D eigenvalue weighted by Crippen LogP contribution is -2.35. The smallest absolute Gasteiger partial charge is 0.0990 e. The molecule has 0 aromatic rings. The van der Waals surface area contributed by atoms with Gasteiger partial charge in [0.05, 0.1) is 12.4 Å². The number of methoxy groups -OCH3 is 2. The van der Waals surface area contributed by atoms with Crippen LogP contribution in [0.5, 0.6) is 0 Å². The van der Waals surface area contributed by atoms with Crippen molar-refractivity contribution in [2.75, 3.05) is 40.5 Å². The highest BCUT2D eigenvalue weighted by Crippen LogP contribution is 2.31. The van der Waals surface area contributed by atoms with E-state index in [1.54, 1.807) is 14.2 Å². The minimum atomic E-state index is 0.518. The molecular weight excluding hydrogens is 192 g/mol. The third kappa shape index (κ3) is 4.62. The average Bonchev–Trinajstić information content (AvgIpc) is 3.06. The maximum atomic E-state index is 8.01. The normalized spacial score (nSPS) is 15.3. The van der Waals surface area contributed by atoms with Crippen LogP contribution in [-0.4, -0.2) is 51.3 Å². The molecule has 0 bridgehead atoms. The molecule has 0 amide bonds. The second kappa shape index (κ2) is 6.80. The van der Waals surface area contributed by atoms with Gasteiger partial charge in [0.2, 0.25) is 0 Å². The minimum absolute atomic E-state index is 0.518. The number of rotatable bonds is 8. The number of nitrogens with one attached hydrogen (secondary N) is 1. The molecular formula is C11H22N2O2. The summed E-state index contributed by atoms with van der Waals surface area (Å²) in [5, 5.41) is 8.01. The van der Waals surface area contributed by atoms with E-state index in [4.69, 9.17) is 14.9 Å². The molecule has 88 valence electrons. The molecule has 15 heavy (non-hydrogen) atoms. The summed E-state index contributed by atoms with van der Waals surface area (Å²) in [6.07, 6.45) is 3.36. The van der Waals surface area contributed by atoms with E-state index in [2.05, 4.69) is 4.90 Å². The number of hydrogen-bond donors (Lipinski definition) is 1. The molecule has 1 rings (SSSR count). The van der Waals surface area contributed by atoms with Crippen molar-refractivity contribution in [1.82, 2.24) is 4.90 Å². The summed E-state index contributed by atoms with van der Waals surface area (Å²) in [6, 6.07) is 0. The maximum Gasteiger partial charge on any atom is 0.0990 e. The van der Waals surface area contributed by atoms with Crippen LogP contribution in [0, 0.1) is 11.3 Å². The topological polar surface area (TPSA) is 45.6 Å². The van der Waals surface area contributed by atoms with Gasteiger partial charge in [-0.1, -0.05) is 0 Å². The van der Waals surface area contributed by atoms with E-state index < -0.39 is 0 Å². The first kappa shape index (κ1) is 12.5. The molecule has 0 aromatic heterocycles. The van der Waals surface area contributed by atoms with E-state index in [1.807, 2.05) is 0 Å². The van der Waals surface area contributed by atoms with Crippen LogP contribution in [0.4, 0.5) is 0 Å². The van der Waals surface area contributed by atoms with Crippen LogP contribution in [0.3, 0.4) is 0 Å². The number of nitrogens with zero attached hydrogens (tertiary/aromatic N) is 1. The van der Waals surface area contributed by atoms with Crippen LogP contribution >= 0.6 is 0 Å². The minimum Gasteiger partial charge on any atom is -0.385 e. The Morgan fingerprint density at radius 1 is 1.20 bits per heavy atom. The Hall–Kier alpha value is -0.610. The second-order valence-corrected chi connectivity index (χ2v) is 3.99. The van der Waals surface area contributed by atoms with Crippen molar-refractivity contribution >= 4 is 5.84 Å². The predicted molar refractivity (Wildman–Crippen MR) is 60.4 cm³/mol. The largest absolute Gasteiger partial charge is 0.385 e. The van der Waals surface area contributed by atoms with Gasteiger partial charge < -0.3 is 14.4 Å². The number of hydrogen-bond acceptors (Lipinski definition) is 3. The molecule has 0 aromatic carbocycles. The fraction of sp³-hybridized carbons (Fsp3) is 0.909. The zero-order valence-electron chi connectivity index (χ0n) is 9.79. The molecule has 0 atom stereocenters. The lowest BCUT2D eigenvalue weighted by molar-refractivity contribution is 0.159. The first-order valence-corrected chi connectivity index (χ1v) is 5.61. The van der Waals surface area contributed by atoms with Crippen LogP contribution in [0.25, 0.3) is 0 Å². The Kier molecular flexibility index (Phi) is 5.65. The fourth-order valence-corrected chi connectivity index (χ4v) is 1.57. The molecule has 0 saturated heterocycles. The van der Waals surface area contributed by atoms with Gasteiger partial charge in [-0.25, -0.2) is 0 Å². The molecule has 1 fully saturated rings. The zero-order valence-corrected chi connectivity index (χ0v) is 9.79. The van der Waals surface area contributed by atoms with E-state index >= 15 is 0 Å². The molecule has 1 saturated carbocycles. The standard InChI is InChI=1S/C11H22N2O2/c1-14-8-3-6-13(7-9-15-2)11(12)10-4-5-10/h10,12H,3-9H2,1-2H3. The summed E-state index contributed by atoms with van der Waals surface area (Å²) < 4.78 is 10.1. The average molecular weight is 214 g/mol. The van der Waals surface area contributed by atoms with Gasteiger partial charge in [-0.3, -0.25) is 5.41 Å². The second-order valence-electron chi connectivity index (χ2n) is 3.99. The Labute approximate surface area is 92.1 Å². The number of ether oxygens (including phenoxy) is 2. The molecule has 1 aliphatic carbocycles. The highest BCUT2D eigenvalue weighted by Gasteiger charge is 2.29. The Bertz CT molecular complexity index is 193. The van der Waals surface area contributed by atoms with Crippen LogP contribution in [0.15, 0.2) is 0 Å². The molecule has 0 radical (unpaired) electrons. The molecule has 1 N–H and O–H groups in total. The third-order valence-corrected chi connectivity index (χ3v) is 2.65. The highest BCUT2D eigenvalue weighted by molar-refractivity contribution is 5.83.